The number of carbonyl (C=O) groups excluding carboxylic acids is 1. The van der Waals surface area contributed by atoms with Crippen molar-refractivity contribution in [1.29, 1.82) is 0 Å². The molecule has 0 N–H and O–H groups in total. The van der Waals surface area contributed by atoms with Crippen LogP contribution in [0.15, 0.2) is 12.2 Å². The second kappa shape index (κ2) is 4.32. The van der Waals surface area contributed by atoms with Crippen LogP contribution in [0.1, 0.15) is 33.6 Å². The van der Waals surface area contributed by atoms with Gasteiger partial charge in [-0.25, -0.2) is 0 Å². The number of hydrogen-bond acceptors (Lipinski definition) is 4. The fraction of sp³-hybridized carbons (Fsp3) is 0.824. The summed E-state index contributed by atoms with van der Waals surface area (Å²) in [6, 6.07) is 0. The van der Waals surface area contributed by atoms with Gasteiger partial charge in [-0.2, -0.15) is 0 Å². The van der Waals surface area contributed by atoms with E-state index >= 15 is 0 Å². The monoisotopic (exact) mass is 292 g/mol. The van der Waals surface area contributed by atoms with Crippen LogP contribution in [0.2, 0.25) is 0 Å². The lowest BCUT2D eigenvalue weighted by Crippen LogP contribution is -2.60. The molecule has 3 fully saturated rings. The molecule has 4 nitrogen and oxygen atoms in total. The molecule has 0 unspecified atom stereocenters. The average Bonchev–Trinajstić information content (AvgIpc) is 3.03. The first kappa shape index (κ1) is 13.8. The first-order valence-corrected chi connectivity index (χ1v) is 8.16. The van der Waals surface area contributed by atoms with Gasteiger partial charge in [0.2, 0.25) is 0 Å². The minimum atomic E-state index is -0.618. The Morgan fingerprint density at radius 1 is 1.24 bits per heavy atom. The lowest BCUT2D eigenvalue weighted by atomic mass is 9.52. The van der Waals surface area contributed by atoms with Gasteiger partial charge in [-0.15, -0.1) is 0 Å². The summed E-state index contributed by atoms with van der Waals surface area (Å²) in [5, 5.41) is 0. The molecule has 2 aliphatic heterocycles. The van der Waals surface area contributed by atoms with Crippen LogP contribution < -0.4 is 0 Å². The van der Waals surface area contributed by atoms with E-state index in [-0.39, 0.29) is 29.3 Å². The molecule has 0 radical (unpaired) electrons. The molecule has 4 rings (SSSR count). The van der Waals surface area contributed by atoms with Gasteiger partial charge in [0.05, 0.1) is 19.1 Å². The third-order valence-corrected chi connectivity index (χ3v) is 6.47. The zero-order valence-electron chi connectivity index (χ0n) is 13.0. The predicted molar refractivity (Wildman–Crippen MR) is 76.3 cm³/mol. The van der Waals surface area contributed by atoms with Gasteiger partial charge in [-0.3, -0.25) is 4.79 Å². The van der Waals surface area contributed by atoms with E-state index in [1.807, 2.05) is 6.92 Å². The maximum absolute atomic E-state index is 12.0. The molecule has 2 heterocycles. The number of fused-ring (bicyclic) bond motifs is 4. The van der Waals surface area contributed by atoms with Gasteiger partial charge in [-0.05, 0) is 24.8 Å². The number of ether oxygens (including phenoxy) is 3. The van der Waals surface area contributed by atoms with E-state index in [0.29, 0.717) is 25.0 Å². The quantitative estimate of drug-likeness (QED) is 0.508. The zero-order chi connectivity index (χ0) is 14.8. The van der Waals surface area contributed by atoms with Crippen LogP contribution in [0.5, 0.6) is 0 Å². The van der Waals surface area contributed by atoms with Gasteiger partial charge in [0.25, 0.3) is 0 Å². The second-order valence-electron chi connectivity index (χ2n) is 7.42. The summed E-state index contributed by atoms with van der Waals surface area (Å²) in [5.74, 6) is 0.376. The number of esters is 1. The smallest absolute Gasteiger partial charge is 0.309 e. The molecule has 0 bridgehead atoms. The van der Waals surface area contributed by atoms with Crippen molar-refractivity contribution in [1.82, 2.24) is 0 Å². The molecule has 0 aromatic carbocycles. The average molecular weight is 292 g/mol. The summed E-state index contributed by atoms with van der Waals surface area (Å²) in [7, 11) is 0. The van der Waals surface area contributed by atoms with Gasteiger partial charge in [-0.1, -0.05) is 26.8 Å². The molecule has 2 aliphatic carbocycles. The molecule has 4 aliphatic rings. The molecular formula is C17H24O4. The Hall–Kier alpha value is -0.870. The van der Waals surface area contributed by atoms with E-state index in [4.69, 9.17) is 14.2 Å². The molecule has 1 spiro atoms. The minimum Gasteiger partial charge on any atom is -0.461 e. The summed E-state index contributed by atoms with van der Waals surface area (Å²) < 4.78 is 17.9. The van der Waals surface area contributed by atoms with E-state index in [1.54, 1.807) is 0 Å². The molecule has 1 saturated carbocycles. The molecule has 21 heavy (non-hydrogen) atoms. The highest BCUT2D eigenvalue weighted by Gasteiger charge is 2.65. The van der Waals surface area contributed by atoms with Gasteiger partial charge < -0.3 is 14.2 Å². The van der Waals surface area contributed by atoms with Crippen molar-refractivity contribution < 1.29 is 19.0 Å². The fourth-order valence-electron chi connectivity index (χ4n) is 5.27. The van der Waals surface area contributed by atoms with E-state index in [1.165, 1.54) is 0 Å². The zero-order valence-corrected chi connectivity index (χ0v) is 13.0. The Morgan fingerprint density at radius 3 is 2.67 bits per heavy atom. The Kier molecular flexibility index (Phi) is 2.84. The van der Waals surface area contributed by atoms with Crippen LogP contribution in [0, 0.1) is 29.1 Å². The molecule has 0 aromatic rings. The number of carbonyl (C=O) groups is 1. The molecule has 6 atom stereocenters. The summed E-state index contributed by atoms with van der Waals surface area (Å²) >= 11 is 0. The molecule has 0 amide bonds. The van der Waals surface area contributed by atoms with Crippen molar-refractivity contribution in [3.63, 3.8) is 0 Å². The van der Waals surface area contributed by atoms with Gasteiger partial charge in [0, 0.05) is 17.3 Å². The largest absolute Gasteiger partial charge is 0.461 e. The van der Waals surface area contributed by atoms with Crippen LogP contribution in [0.3, 0.4) is 0 Å². The maximum atomic E-state index is 12.0. The molecule has 4 heteroatoms. The number of hydrogen-bond donors (Lipinski definition) is 0. The van der Waals surface area contributed by atoms with Gasteiger partial charge in [0.1, 0.15) is 6.10 Å². The van der Waals surface area contributed by atoms with Crippen LogP contribution in [0.4, 0.5) is 0 Å². The topological polar surface area (TPSA) is 44.8 Å². The van der Waals surface area contributed by atoms with Crippen LogP contribution >= 0.6 is 0 Å². The lowest BCUT2D eigenvalue weighted by Gasteiger charge is -2.56. The second-order valence-corrected chi connectivity index (χ2v) is 7.42. The highest BCUT2D eigenvalue weighted by atomic mass is 16.7. The normalized spacial score (nSPS) is 50.8. The van der Waals surface area contributed by atoms with Crippen molar-refractivity contribution in [2.24, 2.45) is 29.1 Å². The molecule has 2 saturated heterocycles. The Balaban J connectivity index is 1.77. The SMILES string of the molecule is C[C@@H]1C=CC2(OCCO2)[C@]2(C)CC[C@@H]3[C@H](OC(=O)[C@H]3C)[C@@H]12. The summed E-state index contributed by atoms with van der Waals surface area (Å²) in [4.78, 5) is 12.0. The Morgan fingerprint density at radius 2 is 1.95 bits per heavy atom. The highest BCUT2D eigenvalue weighted by molar-refractivity contribution is 5.75. The first-order valence-electron chi connectivity index (χ1n) is 8.16. The Labute approximate surface area is 125 Å². The van der Waals surface area contributed by atoms with E-state index in [9.17, 15) is 4.79 Å². The standard InChI is InChI=1S/C17H24O4/c1-10-4-7-17(19-8-9-20-17)16(3)6-5-12-11(2)15(18)21-14(12)13(10)16/h4,7,10-14H,5-6,8-9H2,1-3H3/t10-,11+,12+,13-,14+,16-/m1/s1. The summed E-state index contributed by atoms with van der Waals surface area (Å²) in [6.07, 6.45) is 6.35. The van der Waals surface area contributed by atoms with E-state index in [2.05, 4.69) is 26.0 Å². The van der Waals surface area contributed by atoms with Crippen molar-refractivity contribution in [3.8, 4) is 0 Å². The molecule has 116 valence electrons. The van der Waals surface area contributed by atoms with E-state index in [0.717, 1.165) is 12.8 Å². The molecular weight excluding hydrogens is 268 g/mol. The summed E-state index contributed by atoms with van der Waals surface area (Å²) in [5.41, 5.74) is -0.122. The van der Waals surface area contributed by atoms with Crippen molar-refractivity contribution >= 4 is 5.97 Å². The lowest BCUT2D eigenvalue weighted by molar-refractivity contribution is -0.252. The number of allylic oxidation sites excluding steroid dienone is 1. The van der Waals surface area contributed by atoms with E-state index < -0.39 is 5.79 Å². The predicted octanol–water partition coefficient (Wildman–Crippen LogP) is 2.53. The van der Waals surface area contributed by atoms with Crippen molar-refractivity contribution in [2.45, 2.75) is 45.5 Å². The minimum absolute atomic E-state index is 0.0101. The van der Waals surface area contributed by atoms with Crippen molar-refractivity contribution in [3.05, 3.63) is 12.2 Å². The molecule has 0 aromatic heterocycles. The third-order valence-electron chi connectivity index (χ3n) is 6.47. The maximum Gasteiger partial charge on any atom is 0.309 e. The third kappa shape index (κ3) is 1.61. The van der Waals surface area contributed by atoms with Gasteiger partial charge >= 0.3 is 5.97 Å². The van der Waals surface area contributed by atoms with Crippen LogP contribution in [0.25, 0.3) is 0 Å². The van der Waals surface area contributed by atoms with Gasteiger partial charge in [0.15, 0.2) is 5.79 Å². The Bertz CT molecular complexity index is 493. The fourth-order valence-corrected chi connectivity index (χ4v) is 5.27. The first-order chi connectivity index (χ1) is 9.98. The summed E-state index contributed by atoms with van der Waals surface area (Å²) in [6.45, 7) is 7.78. The van der Waals surface area contributed by atoms with Crippen molar-refractivity contribution in [2.75, 3.05) is 13.2 Å². The van der Waals surface area contributed by atoms with Crippen LogP contribution in [-0.4, -0.2) is 31.1 Å². The highest BCUT2D eigenvalue weighted by Crippen LogP contribution is 2.61. The van der Waals surface area contributed by atoms with Crippen LogP contribution in [-0.2, 0) is 19.0 Å². The number of rotatable bonds is 0.